The topological polar surface area (TPSA) is 45.4 Å². The third-order valence-corrected chi connectivity index (χ3v) is 7.29. The molecule has 0 aliphatic heterocycles. The molecule has 164 valence electrons. The summed E-state index contributed by atoms with van der Waals surface area (Å²) in [4.78, 5) is 6.01. The summed E-state index contributed by atoms with van der Waals surface area (Å²) in [5, 5.41) is 10.6. The average Bonchev–Trinajstić information content (AvgIpc) is 3.14. The van der Waals surface area contributed by atoms with Gasteiger partial charge in [0.25, 0.3) is 0 Å². The van der Waals surface area contributed by atoms with Crippen molar-refractivity contribution in [2.24, 2.45) is 16.3 Å². The fraction of sp³-hybridized carbons (Fsp3) is 0.333. The Morgan fingerprint density at radius 3 is 2.66 bits per heavy atom. The second-order valence-corrected chi connectivity index (χ2v) is 10.4. The fourth-order valence-electron chi connectivity index (χ4n) is 4.11. The van der Waals surface area contributed by atoms with E-state index in [-0.39, 0.29) is 11.2 Å². The van der Waals surface area contributed by atoms with Gasteiger partial charge in [0.2, 0.25) is 0 Å². The van der Waals surface area contributed by atoms with Crippen molar-refractivity contribution in [1.82, 2.24) is 0 Å². The minimum atomic E-state index is -0.262. The molecule has 0 saturated heterocycles. The van der Waals surface area contributed by atoms with Gasteiger partial charge in [-0.05, 0) is 66.0 Å². The van der Waals surface area contributed by atoms with Crippen molar-refractivity contribution >= 4 is 22.6 Å². The predicted octanol–water partition coefficient (Wildman–Crippen LogP) is 7.24. The second kappa shape index (κ2) is 9.26. The predicted molar refractivity (Wildman–Crippen MR) is 128 cm³/mol. The van der Waals surface area contributed by atoms with Crippen LogP contribution >= 0.6 is 11.3 Å². The molecule has 0 radical (unpaired) electrons. The Morgan fingerprint density at radius 1 is 1.19 bits per heavy atom. The lowest BCUT2D eigenvalue weighted by Gasteiger charge is -2.33. The number of aliphatic imine (C=N–C) groups is 1. The summed E-state index contributed by atoms with van der Waals surface area (Å²) in [5.41, 5.74) is 3.91. The normalized spacial score (nSPS) is 16.0. The van der Waals surface area contributed by atoms with Crippen LogP contribution in [-0.2, 0) is 19.4 Å². The molecule has 1 aromatic heterocycles. The third kappa shape index (κ3) is 4.92. The monoisotopic (exact) mass is 446 g/mol. The van der Waals surface area contributed by atoms with Crippen molar-refractivity contribution in [1.29, 1.82) is 5.26 Å². The molecule has 0 bridgehead atoms. The SMILES string of the molecule is CC(C)(C)[C@@H]1CCc2c(sc(N=Cc3ccccc3OCc3ccc(F)cc3)c2C#N)C1. The van der Waals surface area contributed by atoms with Crippen LogP contribution in [0.4, 0.5) is 9.39 Å². The minimum absolute atomic E-state index is 0.262. The van der Waals surface area contributed by atoms with E-state index in [9.17, 15) is 9.65 Å². The number of fused-ring (bicyclic) bond motifs is 1. The van der Waals surface area contributed by atoms with Crippen molar-refractivity contribution < 1.29 is 9.13 Å². The molecule has 0 unspecified atom stereocenters. The Balaban J connectivity index is 1.55. The number of hydrogen-bond donors (Lipinski definition) is 0. The second-order valence-electron chi connectivity index (χ2n) is 9.31. The molecule has 0 spiro atoms. The highest BCUT2D eigenvalue weighted by Crippen LogP contribution is 2.44. The molecule has 32 heavy (non-hydrogen) atoms. The zero-order chi connectivity index (χ0) is 22.7. The number of rotatable bonds is 5. The highest BCUT2D eigenvalue weighted by molar-refractivity contribution is 7.16. The van der Waals surface area contributed by atoms with Crippen molar-refractivity contribution in [3.05, 3.63) is 81.5 Å². The van der Waals surface area contributed by atoms with Gasteiger partial charge in [0.15, 0.2) is 0 Å². The first-order valence-corrected chi connectivity index (χ1v) is 11.7. The first-order chi connectivity index (χ1) is 15.3. The minimum Gasteiger partial charge on any atom is -0.488 e. The first-order valence-electron chi connectivity index (χ1n) is 10.9. The molecule has 1 aliphatic carbocycles. The number of hydrogen-bond acceptors (Lipinski definition) is 4. The number of para-hydroxylation sites is 1. The summed E-state index contributed by atoms with van der Waals surface area (Å²) in [6.45, 7) is 7.23. The van der Waals surface area contributed by atoms with E-state index < -0.39 is 0 Å². The van der Waals surface area contributed by atoms with E-state index in [1.807, 2.05) is 24.3 Å². The van der Waals surface area contributed by atoms with Gasteiger partial charge < -0.3 is 4.74 Å². The van der Waals surface area contributed by atoms with Crippen LogP contribution in [0, 0.1) is 28.5 Å². The van der Waals surface area contributed by atoms with Gasteiger partial charge in [-0.1, -0.05) is 45.0 Å². The van der Waals surface area contributed by atoms with E-state index >= 15 is 0 Å². The van der Waals surface area contributed by atoms with Crippen LogP contribution in [0.25, 0.3) is 0 Å². The molecule has 0 saturated carbocycles. The standard InChI is InChI=1S/C27H27FN2OS/c1-27(2,3)20-10-13-22-23(15-29)26(32-25(22)14-20)30-16-19-6-4-5-7-24(19)31-17-18-8-11-21(28)12-9-18/h4-9,11-12,16,20H,10,13-14,17H2,1-3H3/t20-/m1/s1. The van der Waals surface area contributed by atoms with E-state index in [2.05, 4.69) is 26.8 Å². The summed E-state index contributed by atoms with van der Waals surface area (Å²) in [5.74, 6) is 1.06. The molecule has 0 fully saturated rings. The molecule has 0 N–H and O–H groups in total. The Morgan fingerprint density at radius 2 is 1.94 bits per heavy atom. The molecule has 5 heteroatoms. The lowest BCUT2D eigenvalue weighted by Crippen LogP contribution is -2.26. The van der Waals surface area contributed by atoms with Gasteiger partial charge >= 0.3 is 0 Å². The van der Waals surface area contributed by atoms with E-state index in [1.165, 1.54) is 22.6 Å². The highest BCUT2D eigenvalue weighted by atomic mass is 32.1. The largest absolute Gasteiger partial charge is 0.488 e. The molecule has 0 amide bonds. The van der Waals surface area contributed by atoms with Crippen molar-refractivity contribution in [3.63, 3.8) is 0 Å². The molecule has 3 aromatic rings. The summed E-state index contributed by atoms with van der Waals surface area (Å²) in [6.07, 6.45) is 4.86. The fourth-order valence-corrected chi connectivity index (χ4v) is 5.33. The Hall–Kier alpha value is -2.97. The Kier molecular flexibility index (Phi) is 6.43. The number of ether oxygens (including phenoxy) is 1. The van der Waals surface area contributed by atoms with E-state index in [0.29, 0.717) is 18.3 Å². The maximum absolute atomic E-state index is 13.1. The maximum Gasteiger partial charge on any atom is 0.134 e. The Bertz CT molecular complexity index is 1170. The van der Waals surface area contributed by atoms with E-state index in [4.69, 9.17) is 9.73 Å². The lowest BCUT2D eigenvalue weighted by molar-refractivity contribution is 0.218. The van der Waals surface area contributed by atoms with Gasteiger partial charge in [-0.25, -0.2) is 9.38 Å². The van der Waals surface area contributed by atoms with Crippen LogP contribution < -0.4 is 4.74 Å². The number of nitrogens with zero attached hydrogens (tertiary/aromatic N) is 2. The van der Waals surface area contributed by atoms with Gasteiger partial charge in [-0.3, -0.25) is 0 Å². The number of nitriles is 1. The molecular weight excluding hydrogens is 419 g/mol. The third-order valence-electron chi connectivity index (χ3n) is 6.13. The van der Waals surface area contributed by atoms with E-state index in [1.54, 1.807) is 29.7 Å². The number of benzene rings is 2. The van der Waals surface area contributed by atoms with Crippen LogP contribution in [0.2, 0.25) is 0 Å². The summed E-state index contributed by atoms with van der Waals surface area (Å²) >= 11 is 1.65. The molecule has 2 aromatic carbocycles. The Labute approximate surface area is 193 Å². The molecule has 1 atom stereocenters. The summed E-state index contributed by atoms with van der Waals surface area (Å²) in [6, 6.07) is 16.4. The molecular formula is C27H27FN2OS. The zero-order valence-electron chi connectivity index (χ0n) is 18.7. The molecule has 1 heterocycles. The first kappa shape index (κ1) is 22.2. The number of thiophene rings is 1. The van der Waals surface area contributed by atoms with Crippen molar-refractivity contribution in [3.8, 4) is 11.8 Å². The van der Waals surface area contributed by atoms with Crippen molar-refractivity contribution in [2.45, 2.75) is 46.6 Å². The van der Waals surface area contributed by atoms with Gasteiger partial charge in [-0.2, -0.15) is 5.26 Å². The quantitative estimate of drug-likeness (QED) is 0.388. The summed E-state index contributed by atoms with van der Waals surface area (Å²) < 4.78 is 19.1. The maximum atomic E-state index is 13.1. The molecule has 4 rings (SSSR count). The smallest absolute Gasteiger partial charge is 0.134 e. The van der Waals surface area contributed by atoms with Gasteiger partial charge in [0, 0.05) is 16.7 Å². The van der Waals surface area contributed by atoms with Crippen molar-refractivity contribution in [2.75, 3.05) is 0 Å². The van der Waals surface area contributed by atoms with Crippen LogP contribution in [0.5, 0.6) is 5.75 Å². The molecule has 1 aliphatic rings. The molecule has 3 nitrogen and oxygen atoms in total. The van der Waals surface area contributed by atoms with Gasteiger partial charge in [0.05, 0.1) is 5.56 Å². The van der Waals surface area contributed by atoms with Gasteiger partial charge in [0.1, 0.15) is 29.2 Å². The number of halogens is 1. The van der Waals surface area contributed by atoms with Crippen LogP contribution in [0.1, 0.15) is 54.3 Å². The summed E-state index contributed by atoms with van der Waals surface area (Å²) in [7, 11) is 0. The van der Waals surface area contributed by atoms with Crippen LogP contribution in [0.3, 0.4) is 0 Å². The van der Waals surface area contributed by atoms with Crippen LogP contribution in [-0.4, -0.2) is 6.21 Å². The van der Waals surface area contributed by atoms with E-state index in [0.717, 1.165) is 41.0 Å². The average molecular weight is 447 g/mol. The highest BCUT2D eigenvalue weighted by Gasteiger charge is 2.32. The zero-order valence-corrected chi connectivity index (χ0v) is 19.5. The lowest BCUT2D eigenvalue weighted by atomic mass is 9.72. The van der Waals surface area contributed by atoms with Crippen LogP contribution in [0.15, 0.2) is 53.5 Å². The van der Waals surface area contributed by atoms with Gasteiger partial charge in [-0.15, -0.1) is 11.3 Å².